The minimum Gasteiger partial charge on any atom is -0.512 e. The number of carbonyl (C=O) groups excluding carboxylic acids is 1. The molecule has 0 heterocycles. The van der Waals surface area contributed by atoms with Crippen LogP contribution in [0.4, 0.5) is 4.39 Å². The Morgan fingerprint density at radius 1 is 1.47 bits per heavy atom. The van der Waals surface area contributed by atoms with Gasteiger partial charge in [0.05, 0.1) is 6.67 Å². The van der Waals surface area contributed by atoms with Gasteiger partial charge in [-0.1, -0.05) is 27.7 Å². The molecule has 0 aromatic heterocycles. The van der Waals surface area contributed by atoms with Crippen molar-refractivity contribution >= 4 is 5.78 Å². The van der Waals surface area contributed by atoms with Crippen LogP contribution in [0.25, 0.3) is 0 Å². The summed E-state index contributed by atoms with van der Waals surface area (Å²) >= 11 is 0. The van der Waals surface area contributed by atoms with Gasteiger partial charge in [-0.2, -0.15) is 0 Å². The van der Waals surface area contributed by atoms with Gasteiger partial charge in [0.25, 0.3) is 0 Å². The lowest BCUT2D eigenvalue weighted by atomic mass is 9.91. The molecule has 2 nitrogen and oxygen atoms in total. The first-order chi connectivity index (χ1) is 6.79. The summed E-state index contributed by atoms with van der Waals surface area (Å²) in [5.74, 6) is -0.263. The molecule has 1 unspecified atom stereocenters. The standard InChI is InChI=1S/C12H21FO2/c1-9(6-5-7-13)10(14)8-11(15)12(2,3)4/h8-9,15H,5-7H2,1-4H3/b11-8-. The van der Waals surface area contributed by atoms with E-state index in [0.29, 0.717) is 12.8 Å². The Balaban J connectivity index is 4.34. The van der Waals surface area contributed by atoms with Crippen LogP contribution in [0, 0.1) is 11.3 Å². The topological polar surface area (TPSA) is 37.3 Å². The van der Waals surface area contributed by atoms with Crippen molar-refractivity contribution in [3.8, 4) is 0 Å². The molecule has 0 aliphatic rings. The molecule has 0 aliphatic heterocycles. The number of rotatable bonds is 5. The Hall–Kier alpha value is -0.860. The van der Waals surface area contributed by atoms with Crippen LogP contribution in [0.3, 0.4) is 0 Å². The average molecular weight is 216 g/mol. The predicted octanol–water partition coefficient (Wildman–Crippen LogP) is 3.43. The first kappa shape index (κ1) is 14.1. The van der Waals surface area contributed by atoms with Gasteiger partial charge in [0.2, 0.25) is 0 Å². The van der Waals surface area contributed by atoms with Crippen LogP contribution >= 0.6 is 0 Å². The lowest BCUT2D eigenvalue weighted by Crippen LogP contribution is -2.14. The van der Waals surface area contributed by atoms with Gasteiger partial charge in [-0.25, -0.2) is 0 Å². The zero-order valence-electron chi connectivity index (χ0n) is 10.0. The van der Waals surface area contributed by atoms with E-state index in [2.05, 4.69) is 0 Å². The fourth-order valence-corrected chi connectivity index (χ4v) is 1.02. The maximum Gasteiger partial charge on any atom is 0.161 e. The molecule has 0 saturated heterocycles. The van der Waals surface area contributed by atoms with Crippen molar-refractivity contribution in [2.75, 3.05) is 6.67 Å². The van der Waals surface area contributed by atoms with E-state index < -0.39 is 12.1 Å². The van der Waals surface area contributed by atoms with Crippen LogP contribution in [0.15, 0.2) is 11.8 Å². The molecule has 0 aromatic rings. The SMILES string of the molecule is CC(CCCF)C(=O)/C=C(\O)C(C)(C)C. The second-order valence-electron chi connectivity index (χ2n) is 4.91. The lowest BCUT2D eigenvalue weighted by molar-refractivity contribution is -0.118. The van der Waals surface area contributed by atoms with Crippen LogP contribution in [-0.4, -0.2) is 17.6 Å². The molecule has 88 valence electrons. The highest BCUT2D eigenvalue weighted by molar-refractivity contribution is 5.91. The fourth-order valence-electron chi connectivity index (χ4n) is 1.02. The van der Waals surface area contributed by atoms with Crippen molar-refractivity contribution in [2.24, 2.45) is 11.3 Å². The highest BCUT2D eigenvalue weighted by atomic mass is 19.1. The van der Waals surface area contributed by atoms with Crippen molar-refractivity contribution < 1.29 is 14.3 Å². The molecule has 0 aromatic carbocycles. The van der Waals surface area contributed by atoms with Crippen molar-refractivity contribution in [1.29, 1.82) is 0 Å². The molecule has 0 saturated carbocycles. The molecule has 0 amide bonds. The average Bonchev–Trinajstić information content (AvgIpc) is 2.12. The zero-order chi connectivity index (χ0) is 12.1. The van der Waals surface area contributed by atoms with E-state index in [1.165, 1.54) is 6.08 Å². The summed E-state index contributed by atoms with van der Waals surface area (Å²) in [5, 5.41) is 9.60. The van der Waals surface area contributed by atoms with Crippen molar-refractivity contribution in [3.63, 3.8) is 0 Å². The first-order valence-corrected chi connectivity index (χ1v) is 5.30. The molecular formula is C12H21FO2. The second kappa shape index (κ2) is 5.89. The van der Waals surface area contributed by atoms with Gasteiger partial charge in [-0.05, 0) is 12.8 Å². The fraction of sp³-hybridized carbons (Fsp3) is 0.750. The van der Waals surface area contributed by atoms with E-state index >= 15 is 0 Å². The largest absolute Gasteiger partial charge is 0.512 e. The third kappa shape index (κ3) is 5.55. The number of hydrogen-bond donors (Lipinski definition) is 1. The molecule has 0 radical (unpaired) electrons. The van der Waals surface area contributed by atoms with Gasteiger partial charge in [-0.15, -0.1) is 0 Å². The van der Waals surface area contributed by atoms with Crippen molar-refractivity contribution in [2.45, 2.75) is 40.5 Å². The number of ketones is 1. The van der Waals surface area contributed by atoms with Crippen LogP contribution in [0.5, 0.6) is 0 Å². The smallest absolute Gasteiger partial charge is 0.161 e. The van der Waals surface area contributed by atoms with Crippen molar-refractivity contribution in [3.05, 3.63) is 11.8 Å². The van der Waals surface area contributed by atoms with E-state index in [1.54, 1.807) is 6.92 Å². The van der Waals surface area contributed by atoms with Crippen LogP contribution in [-0.2, 0) is 4.79 Å². The van der Waals surface area contributed by atoms with E-state index in [9.17, 15) is 14.3 Å². The molecule has 0 aliphatic carbocycles. The third-order valence-electron chi connectivity index (χ3n) is 2.30. The van der Waals surface area contributed by atoms with Gasteiger partial charge in [0, 0.05) is 17.4 Å². The molecule has 0 rings (SSSR count). The summed E-state index contributed by atoms with van der Waals surface area (Å²) in [7, 11) is 0. The Labute approximate surface area is 91.2 Å². The molecule has 0 fully saturated rings. The maximum atomic E-state index is 11.9. The molecule has 0 bridgehead atoms. The van der Waals surface area contributed by atoms with E-state index in [0.717, 1.165) is 0 Å². The normalized spacial score (nSPS) is 15.1. The lowest BCUT2D eigenvalue weighted by Gasteiger charge is -2.17. The van der Waals surface area contributed by atoms with E-state index in [1.807, 2.05) is 20.8 Å². The number of aliphatic hydroxyl groups excluding tert-OH is 1. The van der Waals surface area contributed by atoms with Crippen molar-refractivity contribution in [1.82, 2.24) is 0 Å². The summed E-state index contributed by atoms with van der Waals surface area (Å²) in [6.45, 7) is 6.85. The summed E-state index contributed by atoms with van der Waals surface area (Å²) in [5.41, 5.74) is -0.407. The first-order valence-electron chi connectivity index (χ1n) is 5.30. The van der Waals surface area contributed by atoms with E-state index in [4.69, 9.17) is 0 Å². The summed E-state index contributed by atoms with van der Waals surface area (Å²) < 4.78 is 11.9. The monoisotopic (exact) mass is 216 g/mol. The Kier molecular flexibility index (Phi) is 5.55. The molecule has 0 spiro atoms. The molecular weight excluding hydrogens is 195 g/mol. The highest BCUT2D eigenvalue weighted by Crippen LogP contribution is 2.23. The number of carbonyl (C=O) groups is 1. The molecule has 1 N–H and O–H groups in total. The minimum atomic E-state index is -0.407. The number of hydrogen-bond acceptors (Lipinski definition) is 2. The van der Waals surface area contributed by atoms with E-state index in [-0.39, 0.29) is 17.5 Å². The number of halogens is 1. The summed E-state index contributed by atoms with van der Waals surface area (Å²) in [6.07, 6.45) is 2.20. The Morgan fingerprint density at radius 3 is 2.40 bits per heavy atom. The summed E-state index contributed by atoms with van der Waals surface area (Å²) in [6, 6.07) is 0. The van der Waals surface area contributed by atoms with Crippen LogP contribution in [0.2, 0.25) is 0 Å². The zero-order valence-corrected chi connectivity index (χ0v) is 10.0. The Morgan fingerprint density at radius 2 is 2.00 bits per heavy atom. The van der Waals surface area contributed by atoms with Crippen LogP contribution in [0.1, 0.15) is 40.5 Å². The molecule has 1 atom stereocenters. The molecule has 15 heavy (non-hydrogen) atoms. The van der Waals surface area contributed by atoms with Gasteiger partial charge in [0.15, 0.2) is 5.78 Å². The molecule has 3 heteroatoms. The van der Waals surface area contributed by atoms with Gasteiger partial charge in [-0.3, -0.25) is 9.18 Å². The highest BCUT2D eigenvalue weighted by Gasteiger charge is 2.19. The summed E-state index contributed by atoms with van der Waals surface area (Å²) in [4.78, 5) is 11.5. The van der Waals surface area contributed by atoms with Gasteiger partial charge >= 0.3 is 0 Å². The predicted molar refractivity (Wildman–Crippen MR) is 59.5 cm³/mol. The van der Waals surface area contributed by atoms with Gasteiger partial charge in [0.1, 0.15) is 5.76 Å². The van der Waals surface area contributed by atoms with Crippen LogP contribution < -0.4 is 0 Å². The number of aliphatic hydroxyl groups is 1. The minimum absolute atomic E-state index is 0.0830. The Bertz CT molecular complexity index is 238. The maximum absolute atomic E-state index is 11.9. The van der Waals surface area contributed by atoms with Gasteiger partial charge < -0.3 is 5.11 Å². The number of alkyl halides is 1. The number of allylic oxidation sites excluding steroid dienone is 2. The third-order valence-corrected chi connectivity index (χ3v) is 2.30. The quantitative estimate of drug-likeness (QED) is 0.564. The second-order valence-corrected chi connectivity index (χ2v) is 4.91.